The number of rotatable bonds is 3. The molecule has 2 heterocycles. The lowest BCUT2D eigenvalue weighted by atomic mass is 10.1. The first-order valence-corrected chi connectivity index (χ1v) is 9.89. The fourth-order valence-corrected chi connectivity index (χ4v) is 4.55. The van der Waals surface area contributed by atoms with Gasteiger partial charge in [0.2, 0.25) is 0 Å². The number of thiazole rings is 1. The highest BCUT2D eigenvalue weighted by atomic mass is 32.1. The van der Waals surface area contributed by atoms with Gasteiger partial charge < -0.3 is 4.90 Å². The zero-order valence-corrected chi connectivity index (χ0v) is 16.0. The van der Waals surface area contributed by atoms with Gasteiger partial charge in [-0.3, -0.25) is 9.69 Å². The molecular formula is C21H23N3OS. The van der Waals surface area contributed by atoms with Gasteiger partial charge in [-0.2, -0.15) is 0 Å². The second-order valence-corrected chi connectivity index (χ2v) is 7.96. The van der Waals surface area contributed by atoms with Crippen molar-refractivity contribution in [3.8, 4) is 0 Å². The van der Waals surface area contributed by atoms with Crippen molar-refractivity contribution >= 4 is 27.5 Å². The summed E-state index contributed by atoms with van der Waals surface area (Å²) < 4.78 is 1.24. The number of aromatic nitrogens is 1. The summed E-state index contributed by atoms with van der Waals surface area (Å²) in [6, 6.07) is 16.4. The molecule has 26 heavy (non-hydrogen) atoms. The highest BCUT2D eigenvalue weighted by Gasteiger charge is 2.26. The molecule has 0 bridgehead atoms. The van der Waals surface area contributed by atoms with Gasteiger partial charge in [-0.05, 0) is 38.1 Å². The summed E-state index contributed by atoms with van der Waals surface area (Å²) in [6.45, 7) is 7.54. The molecule has 1 atom stereocenters. The Balaban J connectivity index is 1.42. The molecule has 134 valence electrons. The Hall–Kier alpha value is -2.24. The smallest absolute Gasteiger partial charge is 0.253 e. The summed E-state index contributed by atoms with van der Waals surface area (Å²) in [5.41, 5.74) is 2.99. The van der Waals surface area contributed by atoms with Gasteiger partial charge in [0.05, 0.1) is 16.3 Å². The van der Waals surface area contributed by atoms with Crippen molar-refractivity contribution in [1.82, 2.24) is 14.8 Å². The quantitative estimate of drug-likeness (QED) is 0.700. The van der Waals surface area contributed by atoms with Crippen LogP contribution < -0.4 is 0 Å². The molecule has 1 amide bonds. The molecule has 0 spiro atoms. The summed E-state index contributed by atoms with van der Waals surface area (Å²) in [5, 5.41) is 1.16. The number of carbonyl (C=O) groups is 1. The molecule has 5 heteroatoms. The van der Waals surface area contributed by atoms with Gasteiger partial charge in [-0.25, -0.2) is 4.98 Å². The summed E-state index contributed by atoms with van der Waals surface area (Å²) in [5.74, 6) is 0.140. The molecule has 1 aliphatic heterocycles. The van der Waals surface area contributed by atoms with E-state index in [-0.39, 0.29) is 11.9 Å². The molecule has 4 nitrogen and oxygen atoms in total. The second kappa shape index (κ2) is 7.17. The van der Waals surface area contributed by atoms with Crippen LogP contribution in [0, 0.1) is 6.92 Å². The maximum Gasteiger partial charge on any atom is 0.253 e. The highest BCUT2D eigenvalue weighted by molar-refractivity contribution is 7.18. The minimum atomic E-state index is 0.140. The molecule has 3 aromatic rings. The minimum absolute atomic E-state index is 0.140. The summed E-state index contributed by atoms with van der Waals surface area (Å²) in [7, 11) is 0. The van der Waals surface area contributed by atoms with Gasteiger partial charge in [0.1, 0.15) is 5.01 Å². The van der Waals surface area contributed by atoms with Gasteiger partial charge in [0, 0.05) is 31.7 Å². The van der Waals surface area contributed by atoms with Crippen LogP contribution in [0.5, 0.6) is 0 Å². The Bertz CT molecular complexity index is 895. The third-order valence-electron chi connectivity index (χ3n) is 5.08. The van der Waals surface area contributed by atoms with Crippen LogP contribution >= 0.6 is 11.3 Å². The molecule has 1 fully saturated rings. The topological polar surface area (TPSA) is 36.4 Å². The maximum atomic E-state index is 12.7. The lowest BCUT2D eigenvalue weighted by Crippen LogP contribution is -2.49. The fourth-order valence-electron chi connectivity index (χ4n) is 3.50. The first-order chi connectivity index (χ1) is 12.6. The summed E-state index contributed by atoms with van der Waals surface area (Å²) in [6.07, 6.45) is 0. The van der Waals surface area contributed by atoms with E-state index in [1.807, 2.05) is 42.2 Å². The number of aryl methyl sites for hydroxylation is 1. The van der Waals surface area contributed by atoms with Crippen molar-refractivity contribution in [2.24, 2.45) is 0 Å². The zero-order chi connectivity index (χ0) is 18.1. The second-order valence-electron chi connectivity index (χ2n) is 6.89. The number of fused-ring (bicyclic) bond motifs is 1. The van der Waals surface area contributed by atoms with E-state index in [0.717, 1.165) is 47.8 Å². The summed E-state index contributed by atoms with van der Waals surface area (Å²) >= 11 is 1.77. The van der Waals surface area contributed by atoms with Crippen molar-refractivity contribution < 1.29 is 4.79 Å². The van der Waals surface area contributed by atoms with Crippen molar-refractivity contribution in [3.05, 3.63) is 64.7 Å². The number of hydrogen-bond acceptors (Lipinski definition) is 4. The van der Waals surface area contributed by atoms with E-state index >= 15 is 0 Å². The molecule has 0 saturated carbocycles. The van der Waals surface area contributed by atoms with E-state index in [1.165, 1.54) is 4.70 Å². The molecule has 0 radical (unpaired) electrons. The van der Waals surface area contributed by atoms with Crippen LogP contribution in [0.3, 0.4) is 0 Å². The Morgan fingerprint density at radius 2 is 1.85 bits per heavy atom. The monoisotopic (exact) mass is 365 g/mol. The van der Waals surface area contributed by atoms with Crippen molar-refractivity contribution in [2.75, 3.05) is 26.2 Å². The number of piperazine rings is 1. The van der Waals surface area contributed by atoms with E-state index in [0.29, 0.717) is 0 Å². The normalized spacial score (nSPS) is 16.8. The van der Waals surface area contributed by atoms with Crippen LogP contribution in [-0.4, -0.2) is 46.9 Å². The lowest BCUT2D eigenvalue weighted by Gasteiger charge is -2.37. The van der Waals surface area contributed by atoms with Gasteiger partial charge in [-0.1, -0.05) is 29.8 Å². The Labute approximate surface area is 158 Å². The van der Waals surface area contributed by atoms with Crippen LogP contribution in [0.15, 0.2) is 48.5 Å². The Kier molecular flexibility index (Phi) is 4.74. The first-order valence-electron chi connectivity index (χ1n) is 9.07. The van der Waals surface area contributed by atoms with E-state index < -0.39 is 0 Å². The van der Waals surface area contributed by atoms with E-state index in [1.54, 1.807) is 11.3 Å². The molecule has 1 saturated heterocycles. The van der Waals surface area contributed by atoms with E-state index in [4.69, 9.17) is 4.98 Å². The number of benzene rings is 2. The average molecular weight is 366 g/mol. The third-order valence-corrected chi connectivity index (χ3v) is 6.29. The van der Waals surface area contributed by atoms with E-state index in [2.05, 4.69) is 30.0 Å². The van der Waals surface area contributed by atoms with Crippen molar-refractivity contribution in [1.29, 1.82) is 0 Å². The molecule has 0 aliphatic carbocycles. The number of nitrogens with zero attached hydrogens (tertiary/aromatic N) is 3. The molecular weight excluding hydrogens is 342 g/mol. The maximum absolute atomic E-state index is 12.7. The fraction of sp³-hybridized carbons (Fsp3) is 0.333. The van der Waals surface area contributed by atoms with Gasteiger partial charge in [-0.15, -0.1) is 11.3 Å². The SMILES string of the molecule is Cc1cccc(C(=O)N2CCN([C@H](C)c3nc4ccccc4s3)CC2)c1. The highest BCUT2D eigenvalue weighted by Crippen LogP contribution is 2.30. The predicted octanol–water partition coefficient (Wildman–Crippen LogP) is 4.12. The number of hydrogen-bond donors (Lipinski definition) is 0. The standard InChI is InChI=1S/C21H23N3OS/c1-15-6-5-7-17(14-15)21(25)24-12-10-23(11-13-24)16(2)20-22-18-8-3-4-9-19(18)26-20/h3-9,14,16H,10-13H2,1-2H3/t16-/m1/s1. The zero-order valence-electron chi connectivity index (χ0n) is 15.2. The predicted molar refractivity (Wildman–Crippen MR) is 107 cm³/mol. The van der Waals surface area contributed by atoms with E-state index in [9.17, 15) is 4.79 Å². The minimum Gasteiger partial charge on any atom is -0.336 e. The molecule has 4 rings (SSSR count). The Morgan fingerprint density at radius 3 is 2.58 bits per heavy atom. The Morgan fingerprint density at radius 1 is 1.08 bits per heavy atom. The number of para-hydroxylation sites is 1. The first kappa shape index (κ1) is 17.2. The van der Waals surface area contributed by atoms with Gasteiger partial charge in [0.15, 0.2) is 0 Å². The van der Waals surface area contributed by atoms with Gasteiger partial charge >= 0.3 is 0 Å². The molecule has 1 aliphatic rings. The molecule has 0 N–H and O–H groups in total. The van der Waals surface area contributed by atoms with Crippen LogP contribution in [0.1, 0.15) is 33.9 Å². The van der Waals surface area contributed by atoms with Crippen molar-refractivity contribution in [2.45, 2.75) is 19.9 Å². The number of amides is 1. The van der Waals surface area contributed by atoms with Crippen molar-refractivity contribution in [3.63, 3.8) is 0 Å². The third kappa shape index (κ3) is 3.37. The van der Waals surface area contributed by atoms with Gasteiger partial charge in [0.25, 0.3) is 5.91 Å². The summed E-state index contributed by atoms with van der Waals surface area (Å²) in [4.78, 5) is 21.9. The lowest BCUT2D eigenvalue weighted by molar-refractivity contribution is 0.0582. The molecule has 2 aromatic carbocycles. The molecule has 1 aromatic heterocycles. The van der Waals surface area contributed by atoms with Crippen LogP contribution in [0.25, 0.3) is 10.2 Å². The molecule has 0 unspecified atom stereocenters. The average Bonchev–Trinajstić information content (AvgIpc) is 3.11. The van der Waals surface area contributed by atoms with Crippen LogP contribution in [0.4, 0.5) is 0 Å². The number of carbonyl (C=O) groups excluding carboxylic acids is 1. The largest absolute Gasteiger partial charge is 0.336 e. The van der Waals surface area contributed by atoms with Crippen LogP contribution in [0.2, 0.25) is 0 Å². The van der Waals surface area contributed by atoms with Crippen LogP contribution in [-0.2, 0) is 0 Å².